The Morgan fingerprint density at radius 3 is 2.69 bits per heavy atom. The van der Waals surface area contributed by atoms with Crippen LogP contribution in [0.3, 0.4) is 0 Å². The predicted octanol–water partition coefficient (Wildman–Crippen LogP) is 2.93. The van der Waals surface area contributed by atoms with Gasteiger partial charge in [0.05, 0.1) is 0 Å². The number of halogens is 1. The second-order valence-electron chi connectivity index (χ2n) is 4.86. The van der Waals surface area contributed by atoms with Crippen molar-refractivity contribution in [2.75, 3.05) is 13.1 Å². The van der Waals surface area contributed by atoms with Gasteiger partial charge >= 0.3 is 0 Å². The Morgan fingerprint density at radius 2 is 2.00 bits per heavy atom. The monoisotopic (exact) mass is 217 g/mol. The van der Waals surface area contributed by atoms with Crippen LogP contribution in [0.5, 0.6) is 0 Å². The molecule has 0 saturated carbocycles. The molecule has 1 saturated heterocycles. The fourth-order valence-electron chi connectivity index (χ4n) is 2.86. The lowest BCUT2D eigenvalue weighted by Crippen LogP contribution is -2.34. The topological polar surface area (TPSA) is 3.24 Å². The minimum absolute atomic E-state index is 0.156. The molecule has 0 radical (unpaired) electrons. The highest BCUT2D eigenvalue weighted by molar-refractivity contribution is 5.68. The van der Waals surface area contributed by atoms with E-state index in [9.17, 15) is 4.39 Å². The van der Waals surface area contributed by atoms with E-state index in [0.29, 0.717) is 12.0 Å². The van der Waals surface area contributed by atoms with Crippen LogP contribution < -0.4 is 0 Å². The summed E-state index contributed by atoms with van der Waals surface area (Å²) < 4.78 is 12.9. The van der Waals surface area contributed by atoms with E-state index in [1.807, 2.05) is 12.1 Å². The Kier molecular flexibility index (Phi) is 2.32. The van der Waals surface area contributed by atoms with Gasteiger partial charge in [0.2, 0.25) is 0 Å². The van der Waals surface area contributed by atoms with Gasteiger partial charge in [-0.1, -0.05) is 18.2 Å². The first kappa shape index (κ1) is 10.0. The molecule has 1 nitrogen and oxygen atoms in total. The lowest BCUT2D eigenvalue weighted by Gasteiger charge is -2.29. The van der Waals surface area contributed by atoms with E-state index in [1.54, 1.807) is 12.1 Å². The molecule has 3 rings (SSSR count). The highest BCUT2D eigenvalue weighted by Crippen LogP contribution is 2.34. The Morgan fingerprint density at radius 1 is 1.25 bits per heavy atom. The van der Waals surface area contributed by atoms with Gasteiger partial charge in [0.25, 0.3) is 0 Å². The molecule has 0 spiro atoms. The lowest BCUT2D eigenvalue weighted by molar-refractivity contribution is 0.275. The summed E-state index contributed by atoms with van der Waals surface area (Å²) in [6.07, 6.45) is 3.66. The van der Waals surface area contributed by atoms with Crippen molar-refractivity contribution < 1.29 is 4.39 Å². The first-order valence-electron chi connectivity index (χ1n) is 5.95. The summed E-state index contributed by atoms with van der Waals surface area (Å²) in [5.74, 6) is 0.533. The number of hydrogen-bond donors (Lipinski definition) is 0. The molecule has 1 aromatic carbocycles. The maximum absolute atomic E-state index is 12.9. The Balaban J connectivity index is 1.92. The molecule has 3 unspecified atom stereocenters. The smallest absolute Gasteiger partial charge is 0.123 e. The second-order valence-corrected chi connectivity index (χ2v) is 4.86. The van der Waals surface area contributed by atoms with Crippen LogP contribution in [-0.2, 0) is 0 Å². The summed E-state index contributed by atoms with van der Waals surface area (Å²) in [5.41, 5.74) is 2.53. The van der Waals surface area contributed by atoms with Gasteiger partial charge in [0, 0.05) is 12.6 Å². The minimum Gasteiger partial charge on any atom is -0.296 e. The first-order chi connectivity index (χ1) is 7.74. The van der Waals surface area contributed by atoms with Crippen molar-refractivity contribution in [1.82, 2.24) is 4.90 Å². The van der Waals surface area contributed by atoms with Gasteiger partial charge in [-0.25, -0.2) is 4.39 Å². The van der Waals surface area contributed by atoms with Crippen LogP contribution in [0.1, 0.15) is 18.9 Å². The number of hydrogen-bond acceptors (Lipinski definition) is 1. The van der Waals surface area contributed by atoms with Crippen LogP contribution in [0.25, 0.3) is 5.57 Å². The van der Waals surface area contributed by atoms with E-state index in [-0.39, 0.29) is 5.82 Å². The maximum Gasteiger partial charge on any atom is 0.123 e. The molecule has 3 atom stereocenters. The third-order valence-corrected chi connectivity index (χ3v) is 3.95. The van der Waals surface area contributed by atoms with Crippen molar-refractivity contribution in [2.45, 2.75) is 19.4 Å². The summed E-state index contributed by atoms with van der Waals surface area (Å²) in [5, 5.41) is 0. The van der Waals surface area contributed by atoms with Crippen LogP contribution >= 0.6 is 0 Å². The minimum atomic E-state index is -0.156. The molecular weight excluding hydrogens is 201 g/mol. The van der Waals surface area contributed by atoms with E-state index in [4.69, 9.17) is 0 Å². The van der Waals surface area contributed by atoms with Crippen molar-refractivity contribution in [2.24, 2.45) is 5.92 Å². The average molecular weight is 217 g/mol. The number of nitrogens with zero attached hydrogens (tertiary/aromatic N) is 1. The molecule has 1 fully saturated rings. The molecule has 0 aliphatic carbocycles. The zero-order valence-electron chi connectivity index (χ0n) is 9.49. The molecule has 1 aromatic rings. The van der Waals surface area contributed by atoms with Gasteiger partial charge in [-0.2, -0.15) is 0 Å². The van der Waals surface area contributed by atoms with E-state index in [1.165, 1.54) is 24.1 Å². The lowest BCUT2D eigenvalue weighted by atomic mass is 9.92. The fraction of sp³-hybridized carbons (Fsp3) is 0.429. The van der Waals surface area contributed by atoms with Crippen LogP contribution in [0.15, 0.2) is 30.3 Å². The standard InChI is InChI=1S/C14H16FN/c1-10-12-6-7-16(10)9-13(8-12)11-2-4-14(15)5-3-11/h2-5,8,10,12H,6-7,9H2,1H3. The summed E-state index contributed by atoms with van der Waals surface area (Å²) in [4.78, 5) is 2.52. The molecule has 0 aromatic heterocycles. The molecule has 2 heteroatoms. The maximum atomic E-state index is 12.9. The molecule has 2 bridgehead atoms. The molecule has 2 aliphatic heterocycles. The molecule has 84 valence electrons. The molecule has 0 amide bonds. The van der Waals surface area contributed by atoms with E-state index in [0.717, 1.165) is 6.54 Å². The van der Waals surface area contributed by atoms with Crippen molar-refractivity contribution in [3.63, 3.8) is 0 Å². The van der Waals surface area contributed by atoms with Gasteiger partial charge < -0.3 is 0 Å². The van der Waals surface area contributed by atoms with E-state index < -0.39 is 0 Å². The van der Waals surface area contributed by atoms with Gasteiger partial charge in [0.15, 0.2) is 0 Å². The molecular formula is C14H16FN. The van der Waals surface area contributed by atoms with Crippen LogP contribution in [0.4, 0.5) is 4.39 Å². The van der Waals surface area contributed by atoms with E-state index in [2.05, 4.69) is 17.9 Å². The first-order valence-corrected chi connectivity index (χ1v) is 5.95. The number of rotatable bonds is 1. The van der Waals surface area contributed by atoms with E-state index >= 15 is 0 Å². The summed E-state index contributed by atoms with van der Waals surface area (Å²) in [6, 6.07) is 7.55. The summed E-state index contributed by atoms with van der Waals surface area (Å²) in [6.45, 7) is 4.52. The van der Waals surface area contributed by atoms with Crippen molar-refractivity contribution >= 4 is 5.57 Å². The van der Waals surface area contributed by atoms with Gasteiger partial charge in [0.1, 0.15) is 5.82 Å². The van der Waals surface area contributed by atoms with Crippen LogP contribution in [0, 0.1) is 11.7 Å². The zero-order valence-corrected chi connectivity index (χ0v) is 9.49. The Bertz CT molecular complexity index is 421. The van der Waals surface area contributed by atoms with Gasteiger partial charge in [-0.3, -0.25) is 4.90 Å². The third-order valence-electron chi connectivity index (χ3n) is 3.95. The SMILES string of the molecule is CC1C2C=C(c3ccc(F)cc3)CN1CC2. The molecule has 2 heterocycles. The third kappa shape index (κ3) is 1.57. The average Bonchev–Trinajstić information content (AvgIpc) is 2.54. The van der Waals surface area contributed by atoms with Crippen LogP contribution in [0.2, 0.25) is 0 Å². The number of fused-ring (bicyclic) bond motifs is 2. The predicted molar refractivity (Wildman–Crippen MR) is 63.5 cm³/mol. The molecule has 0 N–H and O–H groups in total. The second kappa shape index (κ2) is 3.70. The fourth-order valence-corrected chi connectivity index (χ4v) is 2.86. The zero-order chi connectivity index (χ0) is 11.1. The molecule has 2 aliphatic rings. The normalized spacial score (nSPS) is 32.6. The summed E-state index contributed by atoms with van der Waals surface area (Å²) in [7, 11) is 0. The summed E-state index contributed by atoms with van der Waals surface area (Å²) >= 11 is 0. The highest BCUT2D eigenvalue weighted by atomic mass is 19.1. The van der Waals surface area contributed by atoms with Gasteiger partial charge in [-0.15, -0.1) is 0 Å². The van der Waals surface area contributed by atoms with Crippen molar-refractivity contribution in [3.8, 4) is 0 Å². The molecule has 16 heavy (non-hydrogen) atoms. The highest BCUT2D eigenvalue weighted by Gasteiger charge is 2.33. The number of benzene rings is 1. The quantitative estimate of drug-likeness (QED) is 0.699. The van der Waals surface area contributed by atoms with Crippen molar-refractivity contribution in [1.29, 1.82) is 0 Å². The Hall–Kier alpha value is -1.15. The van der Waals surface area contributed by atoms with Crippen LogP contribution in [-0.4, -0.2) is 24.0 Å². The van der Waals surface area contributed by atoms with Gasteiger partial charge in [-0.05, 0) is 49.1 Å². The Labute approximate surface area is 95.6 Å². The largest absolute Gasteiger partial charge is 0.296 e. The van der Waals surface area contributed by atoms with Crippen molar-refractivity contribution in [3.05, 3.63) is 41.7 Å².